The lowest BCUT2D eigenvalue weighted by molar-refractivity contribution is 0.299. The van der Waals surface area contributed by atoms with E-state index in [0.717, 1.165) is 0 Å². The Labute approximate surface area is 136 Å². The first-order chi connectivity index (χ1) is 10.6. The van der Waals surface area contributed by atoms with Crippen LogP contribution in [0.4, 0.5) is 10.1 Å². The highest BCUT2D eigenvalue weighted by atomic mass is 32.1. The van der Waals surface area contributed by atoms with Crippen molar-refractivity contribution in [1.29, 1.82) is 0 Å². The first-order valence-electron chi connectivity index (χ1n) is 7.08. The van der Waals surface area contributed by atoms with Crippen molar-refractivity contribution < 1.29 is 4.39 Å². The molecule has 2 rings (SSSR count). The van der Waals surface area contributed by atoms with E-state index in [1.54, 1.807) is 18.2 Å². The molecule has 0 bridgehead atoms. The fourth-order valence-corrected chi connectivity index (χ4v) is 2.39. The zero-order chi connectivity index (χ0) is 15.9. The number of benzene rings is 2. The van der Waals surface area contributed by atoms with Crippen LogP contribution in [0.15, 0.2) is 54.6 Å². The molecule has 0 heterocycles. The minimum absolute atomic E-state index is 0.182. The summed E-state index contributed by atoms with van der Waals surface area (Å²) in [6.45, 7) is 0.636. The van der Waals surface area contributed by atoms with Crippen LogP contribution in [0.1, 0.15) is 11.6 Å². The van der Waals surface area contributed by atoms with Gasteiger partial charge in [-0.15, -0.1) is 0 Å². The molecule has 0 aliphatic carbocycles. The van der Waals surface area contributed by atoms with E-state index in [-0.39, 0.29) is 11.9 Å². The van der Waals surface area contributed by atoms with Crippen LogP contribution < -0.4 is 10.6 Å². The van der Waals surface area contributed by atoms with E-state index >= 15 is 0 Å². The minimum atomic E-state index is -0.320. The number of hydrogen-bond donors (Lipinski definition) is 2. The minimum Gasteiger partial charge on any atom is -0.361 e. The fourth-order valence-electron chi connectivity index (χ4n) is 2.19. The standard InChI is InChI=1S/C17H20FN3S/c1-21(2)16(13-8-4-3-5-9-13)12-19-17(22)20-15-11-7-6-10-14(15)18/h3-11,16H,12H2,1-2H3,(H2,19,20,22)/t16-/m1/s1. The first-order valence-corrected chi connectivity index (χ1v) is 7.49. The van der Waals surface area contributed by atoms with Crippen molar-refractivity contribution in [2.24, 2.45) is 0 Å². The van der Waals surface area contributed by atoms with Crippen LogP contribution in [0, 0.1) is 5.82 Å². The van der Waals surface area contributed by atoms with Gasteiger partial charge < -0.3 is 15.5 Å². The molecule has 0 saturated heterocycles. The quantitative estimate of drug-likeness (QED) is 0.827. The molecule has 0 saturated carbocycles. The highest BCUT2D eigenvalue weighted by Crippen LogP contribution is 2.17. The summed E-state index contributed by atoms with van der Waals surface area (Å²) in [4.78, 5) is 2.12. The van der Waals surface area contributed by atoms with Crippen molar-refractivity contribution in [2.75, 3.05) is 26.0 Å². The Kier molecular flexibility index (Phi) is 5.86. The van der Waals surface area contributed by atoms with Gasteiger partial charge in [0.15, 0.2) is 5.11 Å². The first kappa shape index (κ1) is 16.4. The molecule has 2 N–H and O–H groups in total. The molecule has 2 aromatic carbocycles. The van der Waals surface area contributed by atoms with Gasteiger partial charge in [0, 0.05) is 6.54 Å². The van der Waals surface area contributed by atoms with E-state index in [9.17, 15) is 4.39 Å². The van der Waals surface area contributed by atoms with Gasteiger partial charge in [-0.2, -0.15) is 0 Å². The number of rotatable bonds is 5. The zero-order valence-electron chi connectivity index (χ0n) is 12.7. The van der Waals surface area contributed by atoms with Crippen molar-refractivity contribution in [2.45, 2.75) is 6.04 Å². The summed E-state index contributed by atoms with van der Waals surface area (Å²) in [6, 6.07) is 16.8. The van der Waals surface area contributed by atoms with Gasteiger partial charge in [-0.1, -0.05) is 42.5 Å². The third kappa shape index (κ3) is 4.51. The molecule has 1 atom stereocenters. The van der Waals surface area contributed by atoms with Gasteiger partial charge in [0.05, 0.1) is 11.7 Å². The van der Waals surface area contributed by atoms with Gasteiger partial charge in [-0.25, -0.2) is 4.39 Å². The van der Waals surface area contributed by atoms with E-state index in [4.69, 9.17) is 12.2 Å². The summed E-state index contributed by atoms with van der Waals surface area (Å²) in [5, 5.41) is 6.44. The van der Waals surface area contributed by atoms with Gasteiger partial charge in [0.1, 0.15) is 5.82 Å². The summed E-state index contributed by atoms with van der Waals surface area (Å²) in [7, 11) is 4.04. The summed E-state index contributed by atoms with van der Waals surface area (Å²) in [5.74, 6) is -0.320. The number of nitrogens with one attached hydrogen (secondary N) is 2. The molecule has 5 heteroatoms. The van der Waals surface area contributed by atoms with Gasteiger partial charge in [0.2, 0.25) is 0 Å². The largest absolute Gasteiger partial charge is 0.361 e. The number of likely N-dealkylation sites (N-methyl/N-ethyl adjacent to an activating group) is 1. The lowest BCUT2D eigenvalue weighted by Gasteiger charge is -2.25. The highest BCUT2D eigenvalue weighted by molar-refractivity contribution is 7.80. The fraction of sp³-hybridized carbons (Fsp3) is 0.235. The smallest absolute Gasteiger partial charge is 0.170 e. The average molecular weight is 317 g/mol. The maximum absolute atomic E-state index is 13.6. The number of para-hydroxylation sites is 1. The van der Waals surface area contributed by atoms with Crippen LogP contribution >= 0.6 is 12.2 Å². The lowest BCUT2D eigenvalue weighted by atomic mass is 10.1. The van der Waals surface area contributed by atoms with E-state index < -0.39 is 0 Å². The van der Waals surface area contributed by atoms with Crippen LogP contribution in [0.25, 0.3) is 0 Å². The second-order valence-corrected chi connectivity index (χ2v) is 5.61. The molecule has 0 unspecified atom stereocenters. The van der Waals surface area contributed by atoms with Crippen LogP contribution in [-0.4, -0.2) is 30.7 Å². The molecule has 116 valence electrons. The van der Waals surface area contributed by atoms with E-state index in [1.807, 2.05) is 32.3 Å². The van der Waals surface area contributed by atoms with Crippen molar-refractivity contribution in [3.8, 4) is 0 Å². The molecule has 2 aromatic rings. The molecular formula is C17H20FN3S. The maximum Gasteiger partial charge on any atom is 0.170 e. The van der Waals surface area contributed by atoms with Crippen LogP contribution in [0.5, 0.6) is 0 Å². The SMILES string of the molecule is CN(C)[C@H](CNC(=S)Nc1ccccc1F)c1ccccc1. The predicted octanol–water partition coefficient (Wildman–Crippen LogP) is 3.42. The Morgan fingerprint density at radius 3 is 2.36 bits per heavy atom. The monoisotopic (exact) mass is 317 g/mol. The van der Waals surface area contributed by atoms with Crippen molar-refractivity contribution in [1.82, 2.24) is 10.2 Å². The Morgan fingerprint density at radius 2 is 1.73 bits per heavy atom. The Bertz CT molecular complexity index is 616. The van der Waals surface area contributed by atoms with Gasteiger partial charge in [0.25, 0.3) is 0 Å². The molecule has 0 aliphatic rings. The molecule has 0 aromatic heterocycles. The lowest BCUT2D eigenvalue weighted by Crippen LogP contribution is -2.36. The molecule has 0 radical (unpaired) electrons. The van der Waals surface area contributed by atoms with Crippen molar-refractivity contribution >= 4 is 23.0 Å². The molecule has 3 nitrogen and oxygen atoms in total. The third-order valence-electron chi connectivity index (χ3n) is 3.39. The van der Waals surface area contributed by atoms with Crippen LogP contribution in [0.2, 0.25) is 0 Å². The second-order valence-electron chi connectivity index (χ2n) is 5.20. The molecule has 0 spiro atoms. The summed E-state index contributed by atoms with van der Waals surface area (Å²) >= 11 is 5.24. The predicted molar refractivity (Wildman–Crippen MR) is 93.5 cm³/mol. The van der Waals surface area contributed by atoms with Gasteiger partial charge >= 0.3 is 0 Å². The van der Waals surface area contributed by atoms with E-state index in [1.165, 1.54) is 11.6 Å². The van der Waals surface area contributed by atoms with E-state index in [2.05, 4.69) is 27.7 Å². The Balaban J connectivity index is 1.95. The number of hydrogen-bond acceptors (Lipinski definition) is 2. The van der Waals surface area contributed by atoms with Crippen LogP contribution in [-0.2, 0) is 0 Å². The molecule has 22 heavy (non-hydrogen) atoms. The second kappa shape index (κ2) is 7.87. The van der Waals surface area contributed by atoms with Crippen molar-refractivity contribution in [3.63, 3.8) is 0 Å². The van der Waals surface area contributed by atoms with Gasteiger partial charge in [-0.3, -0.25) is 0 Å². The third-order valence-corrected chi connectivity index (χ3v) is 3.63. The van der Waals surface area contributed by atoms with Crippen LogP contribution in [0.3, 0.4) is 0 Å². The summed E-state index contributed by atoms with van der Waals surface area (Å²) in [5.41, 5.74) is 1.58. The summed E-state index contributed by atoms with van der Waals surface area (Å²) in [6.07, 6.45) is 0. The Morgan fingerprint density at radius 1 is 1.09 bits per heavy atom. The average Bonchev–Trinajstić information content (AvgIpc) is 2.50. The number of halogens is 1. The molecule has 0 aliphatic heterocycles. The number of nitrogens with zero attached hydrogens (tertiary/aromatic N) is 1. The van der Waals surface area contributed by atoms with Crippen molar-refractivity contribution in [3.05, 3.63) is 66.0 Å². The molecule has 0 amide bonds. The van der Waals surface area contributed by atoms with E-state index in [0.29, 0.717) is 17.3 Å². The van der Waals surface area contributed by atoms with Gasteiger partial charge in [-0.05, 0) is 44.0 Å². The number of thiocarbonyl (C=S) groups is 1. The molecular weight excluding hydrogens is 297 g/mol. The maximum atomic E-state index is 13.6. The summed E-state index contributed by atoms with van der Waals surface area (Å²) < 4.78 is 13.6. The number of anilines is 1. The topological polar surface area (TPSA) is 27.3 Å². The molecule has 0 fully saturated rings. The zero-order valence-corrected chi connectivity index (χ0v) is 13.5. The Hall–Kier alpha value is -1.98. The normalized spacial score (nSPS) is 12.0. The highest BCUT2D eigenvalue weighted by Gasteiger charge is 2.14.